The molecule has 0 amide bonds. The number of aromatic nitrogens is 2. The lowest BCUT2D eigenvalue weighted by molar-refractivity contribution is 0.243. The Morgan fingerprint density at radius 2 is 1.92 bits per heavy atom. The van der Waals surface area contributed by atoms with Gasteiger partial charge in [0.05, 0.1) is 11.7 Å². The Kier molecular flexibility index (Phi) is 3.76. The van der Waals surface area contributed by atoms with Crippen molar-refractivity contribution in [3.8, 4) is 28.5 Å². The molecule has 2 aromatic heterocycles. The van der Waals surface area contributed by atoms with Gasteiger partial charge in [-0.3, -0.25) is 0 Å². The van der Waals surface area contributed by atoms with E-state index in [0.717, 1.165) is 33.7 Å². The van der Waals surface area contributed by atoms with Gasteiger partial charge in [-0.2, -0.15) is 0 Å². The van der Waals surface area contributed by atoms with Crippen LogP contribution < -0.4 is 4.74 Å². The van der Waals surface area contributed by atoms with Crippen LogP contribution in [0.15, 0.2) is 59.3 Å². The summed E-state index contributed by atoms with van der Waals surface area (Å²) in [4.78, 5) is 7.42. The van der Waals surface area contributed by atoms with E-state index in [9.17, 15) is 4.39 Å². The van der Waals surface area contributed by atoms with Crippen molar-refractivity contribution in [2.45, 2.75) is 20.0 Å². The third-order valence-electron chi connectivity index (χ3n) is 3.86. The minimum Gasteiger partial charge on any atom is -0.490 e. The monoisotopic (exact) mass is 336 g/mol. The summed E-state index contributed by atoms with van der Waals surface area (Å²) in [5, 5.41) is 0.922. The van der Waals surface area contributed by atoms with Gasteiger partial charge >= 0.3 is 0 Å². The number of hydrogen-bond donors (Lipinski definition) is 1. The molecule has 0 fully saturated rings. The van der Waals surface area contributed by atoms with Crippen LogP contribution in [0.5, 0.6) is 5.75 Å². The molecule has 126 valence electrons. The number of ether oxygens (including phenoxy) is 1. The molecule has 1 N–H and O–H groups in total. The Morgan fingerprint density at radius 1 is 1.12 bits per heavy atom. The lowest BCUT2D eigenvalue weighted by Gasteiger charge is -2.13. The van der Waals surface area contributed by atoms with Crippen LogP contribution in [-0.4, -0.2) is 16.1 Å². The van der Waals surface area contributed by atoms with E-state index in [4.69, 9.17) is 9.15 Å². The molecule has 0 aliphatic rings. The van der Waals surface area contributed by atoms with E-state index in [1.54, 1.807) is 24.5 Å². The van der Waals surface area contributed by atoms with Crippen LogP contribution in [0, 0.1) is 5.82 Å². The van der Waals surface area contributed by atoms with Gasteiger partial charge in [0.1, 0.15) is 28.7 Å². The number of fused-ring (bicyclic) bond motifs is 1. The molecule has 4 nitrogen and oxygen atoms in total. The lowest BCUT2D eigenvalue weighted by atomic mass is 10.1. The quantitative estimate of drug-likeness (QED) is 0.541. The molecule has 0 aliphatic heterocycles. The Balaban J connectivity index is 1.85. The summed E-state index contributed by atoms with van der Waals surface area (Å²) in [6, 6.07) is 12.0. The van der Waals surface area contributed by atoms with Crippen LogP contribution in [0.25, 0.3) is 33.7 Å². The van der Waals surface area contributed by atoms with Crippen molar-refractivity contribution in [3.63, 3.8) is 0 Å². The second-order valence-electron chi connectivity index (χ2n) is 6.11. The molecule has 2 heterocycles. The molecule has 0 atom stereocenters. The zero-order chi connectivity index (χ0) is 17.4. The fraction of sp³-hybridized carbons (Fsp3) is 0.150. The Bertz CT molecular complexity index is 1000. The average molecular weight is 336 g/mol. The summed E-state index contributed by atoms with van der Waals surface area (Å²) in [7, 11) is 0. The summed E-state index contributed by atoms with van der Waals surface area (Å²) in [5.41, 5.74) is 2.39. The van der Waals surface area contributed by atoms with Gasteiger partial charge < -0.3 is 14.1 Å². The fourth-order valence-electron chi connectivity index (χ4n) is 2.77. The first-order valence-electron chi connectivity index (χ1n) is 8.10. The zero-order valence-electron chi connectivity index (χ0n) is 13.9. The number of nitrogens with zero attached hydrogens (tertiary/aromatic N) is 1. The molecular weight excluding hydrogens is 319 g/mol. The minimum absolute atomic E-state index is 0.0367. The van der Waals surface area contributed by atoms with Gasteiger partial charge in [0.25, 0.3) is 0 Å². The maximum Gasteiger partial charge on any atom is 0.141 e. The van der Waals surface area contributed by atoms with E-state index in [1.165, 1.54) is 12.1 Å². The zero-order valence-corrected chi connectivity index (χ0v) is 13.9. The van der Waals surface area contributed by atoms with Gasteiger partial charge in [0, 0.05) is 23.3 Å². The first-order chi connectivity index (χ1) is 12.1. The van der Waals surface area contributed by atoms with Crippen LogP contribution in [0.1, 0.15) is 13.8 Å². The number of halogens is 1. The highest BCUT2D eigenvalue weighted by Gasteiger charge is 2.15. The molecule has 4 rings (SSSR count). The molecule has 0 bridgehead atoms. The number of hydrogen-bond acceptors (Lipinski definition) is 3. The third-order valence-corrected chi connectivity index (χ3v) is 3.86. The maximum absolute atomic E-state index is 13.1. The van der Waals surface area contributed by atoms with E-state index >= 15 is 0 Å². The molecule has 0 spiro atoms. The summed E-state index contributed by atoms with van der Waals surface area (Å²) in [6.45, 7) is 3.96. The van der Waals surface area contributed by atoms with E-state index in [0.29, 0.717) is 5.76 Å². The highest BCUT2D eigenvalue weighted by molar-refractivity contribution is 5.89. The molecular formula is C20H17FN2O2. The SMILES string of the molecule is CC(C)Oc1cc2cc(-c3ccc(F)cc3)oc2cc1-c1ncc[nH]1. The fourth-order valence-corrected chi connectivity index (χ4v) is 2.77. The molecule has 0 radical (unpaired) electrons. The van der Waals surface area contributed by atoms with Crippen molar-refractivity contribution in [1.82, 2.24) is 9.97 Å². The summed E-state index contributed by atoms with van der Waals surface area (Å²) >= 11 is 0. The molecule has 25 heavy (non-hydrogen) atoms. The van der Waals surface area contributed by atoms with Crippen molar-refractivity contribution in [3.05, 3.63) is 60.7 Å². The summed E-state index contributed by atoms with van der Waals surface area (Å²) < 4.78 is 25.1. The Hall–Kier alpha value is -3.08. The van der Waals surface area contributed by atoms with Gasteiger partial charge in [-0.1, -0.05) is 0 Å². The molecule has 0 aliphatic carbocycles. The standard InChI is InChI=1S/C20H17FN2O2/c1-12(2)24-19-10-14-9-17(13-3-5-15(21)6-4-13)25-18(14)11-16(19)20-22-7-8-23-20/h3-12H,1-2H3,(H,22,23). The van der Waals surface area contributed by atoms with Gasteiger partial charge in [0.15, 0.2) is 0 Å². The van der Waals surface area contributed by atoms with Crippen molar-refractivity contribution in [2.24, 2.45) is 0 Å². The van der Waals surface area contributed by atoms with Crippen molar-refractivity contribution in [1.29, 1.82) is 0 Å². The third kappa shape index (κ3) is 3.01. The first-order valence-corrected chi connectivity index (χ1v) is 8.10. The van der Waals surface area contributed by atoms with Crippen LogP contribution in [0.3, 0.4) is 0 Å². The van der Waals surface area contributed by atoms with Crippen molar-refractivity contribution in [2.75, 3.05) is 0 Å². The number of benzene rings is 2. The van der Waals surface area contributed by atoms with Gasteiger partial charge in [-0.05, 0) is 56.3 Å². The van der Waals surface area contributed by atoms with E-state index in [-0.39, 0.29) is 11.9 Å². The topological polar surface area (TPSA) is 51.1 Å². The lowest BCUT2D eigenvalue weighted by Crippen LogP contribution is -2.06. The van der Waals surface area contributed by atoms with Crippen molar-refractivity contribution >= 4 is 11.0 Å². The normalized spacial score (nSPS) is 11.4. The Labute approximate surface area is 144 Å². The molecule has 0 saturated heterocycles. The molecule has 5 heteroatoms. The van der Waals surface area contributed by atoms with Crippen LogP contribution in [0.2, 0.25) is 0 Å². The number of aromatic amines is 1. The highest BCUT2D eigenvalue weighted by atomic mass is 19.1. The number of furan rings is 1. The van der Waals surface area contributed by atoms with Crippen molar-refractivity contribution < 1.29 is 13.5 Å². The highest BCUT2D eigenvalue weighted by Crippen LogP contribution is 2.36. The maximum atomic E-state index is 13.1. The predicted molar refractivity (Wildman–Crippen MR) is 95.0 cm³/mol. The van der Waals surface area contributed by atoms with Crippen LogP contribution in [-0.2, 0) is 0 Å². The molecule has 0 saturated carbocycles. The molecule has 0 unspecified atom stereocenters. The van der Waals surface area contributed by atoms with E-state index < -0.39 is 0 Å². The number of rotatable bonds is 4. The molecule has 4 aromatic rings. The number of H-pyrrole nitrogens is 1. The molecule has 2 aromatic carbocycles. The summed E-state index contributed by atoms with van der Waals surface area (Å²) in [6.07, 6.45) is 3.50. The largest absolute Gasteiger partial charge is 0.490 e. The smallest absolute Gasteiger partial charge is 0.141 e. The van der Waals surface area contributed by atoms with E-state index in [2.05, 4.69) is 9.97 Å². The summed E-state index contributed by atoms with van der Waals surface area (Å²) in [5.74, 6) is 1.87. The Morgan fingerprint density at radius 3 is 2.60 bits per heavy atom. The van der Waals surface area contributed by atoms with Crippen LogP contribution in [0.4, 0.5) is 4.39 Å². The predicted octanol–water partition coefficient (Wildman–Crippen LogP) is 5.42. The number of nitrogens with one attached hydrogen (secondary N) is 1. The second-order valence-corrected chi connectivity index (χ2v) is 6.11. The average Bonchev–Trinajstić information content (AvgIpc) is 3.23. The number of imidazole rings is 1. The van der Waals surface area contributed by atoms with Gasteiger partial charge in [-0.15, -0.1) is 0 Å². The minimum atomic E-state index is -0.271. The van der Waals surface area contributed by atoms with Gasteiger partial charge in [-0.25, -0.2) is 9.37 Å². The first kappa shape index (κ1) is 15.4. The second kappa shape index (κ2) is 6.09. The van der Waals surface area contributed by atoms with E-state index in [1.807, 2.05) is 32.0 Å². The van der Waals surface area contributed by atoms with Gasteiger partial charge in [0.2, 0.25) is 0 Å². The van der Waals surface area contributed by atoms with Crippen LogP contribution >= 0.6 is 0 Å².